The minimum Gasteiger partial charge on any atom is -0.395 e. The van der Waals surface area contributed by atoms with Gasteiger partial charge in [-0.3, -0.25) is 4.90 Å². The molecule has 0 aromatic heterocycles. The summed E-state index contributed by atoms with van der Waals surface area (Å²) in [6.07, 6.45) is -2.73. The quantitative estimate of drug-likeness (QED) is 0.755. The third-order valence-electron chi connectivity index (χ3n) is 3.22. The van der Waals surface area contributed by atoms with Gasteiger partial charge in [-0.2, -0.15) is 13.2 Å². The third kappa shape index (κ3) is 5.42. The van der Waals surface area contributed by atoms with E-state index in [9.17, 15) is 13.2 Å². The number of aliphatic hydroxyl groups is 1. The standard InChI is InChI=1S/C11H19BrF3NO2/c12-7-10(1-5-18-6-2-10)8-16(3-4-17)9-11(13,14)15/h17H,1-9H2. The normalized spacial score (nSPS) is 20.3. The van der Waals surface area contributed by atoms with E-state index in [0.29, 0.717) is 25.1 Å². The number of halogens is 4. The van der Waals surface area contributed by atoms with Crippen molar-refractivity contribution in [3.05, 3.63) is 0 Å². The van der Waals surface area contributed by atoms with E-state index in [-0.39, 0.29) is 18.6 Å². The summed E-state index contributed by atoms with van der Waals surface area (Å²) in [6.45, 7) is 0.333. The largest absolute Gasteiger partial charge is 0.401 e. The molecular formula is C11H19BrF3NO2. The summed E-state index contributed by atoms with van der Waals surface area (Å²) >= 11 is 3.40. The van der Waals surface area contributed by atoms with Gasteiger partial charge in [0, 0.05) is 31.6 Å². The van der Waals surface area contributed by atoms with E-state index in [2.05, 4.69) is 15.9 Å². The molecule has 1 saturated heterocycles. The van der Waals surface area contributed by atoms with E-state index in [1.807, 2.05) is 0 Å². The summed E-state index contributed by atoms with van der Waals surface area (Å²) in [7, 11) is 0. The Labute approximate surface area is 113 Å². The third-order valence-corrected chi connectivity index (χ3v) is 4.40. The summed E-state index contributed by atoms with van der Waals surface area (Å²) in [6, 6.07) is 0. The van der Waals surface area contributed by atoms with E-state index < -0.39 is 12.7 Å². The minimum atomic E-state index is -4.23. The molecule has 7 heteroatoms. The molecule has 0 unspecified atom stereocenters. The van der Waals surface area contributed by atoms with Crippen LogP contribution in [0.2, 0.25) is 0 Å². The highest BCUT2D eigenvalue weighted by molar-refractivity contribution is 9.09. The molecule has 18 heavy (non-hydrogen) atoms. The highest BCUT2D eigenvalue weighted by Gasteiger charge is 2.37. The van der Waals surface area contributed by atoms with Crippen LogP contribution in [0.4, 0.5) is 13.2 Å². The first-order valence-corrected chi connectivity index (χ1v) is 7.07. The Morgan fingerprint density at radius 2 is 1.89 bits per heavy atom. The summed E-state index contributed by atoms with van der Waals surface area (Å²) in [5, 5.41) is 9.53. The lowest BCUT2D eigenvalue weighted by atomic mass is 9.82. The van der Waals surface area contributed by atoms with Crippen LogP contribution < -0.4 is 0 Å². The van der Waals surface area contributed by atoms with E-state index in [1.165, 1.54) is 4.90 Å². The van der Waals surface area contributed by atoms with Gasteiger partial charge in [0.2, 0.25) is 0 Å². The topological polar surface area (TPSA) is 32.7 Å². The van der Waals surface area contributed by atoms with Crippen molar-refractivity contribution in [1.82, 2.24) is 4.90 Å². The van der Waals surface area contributed by atoms with Crippen molar-refractivity contribution < 1.29 is 23.0 Å². The molecule has 0 aromatic rings. The Kier molecular flexibility index (Phi) is 6.37. The maximum atomic E-state index is 12.5. The number of hydrogen-bond acceptors (Lipinski definition) is 3. The van der Waals surface area contributed by atoms with Gasteiger partial charge in [-0.05, 0) is 18.3 Å². The fraction of sp³-hybridized carbons (Fsp3) is 1.00. The Hall–Kier alpha value is 0.150. The lowest BCUT2D eigenvalue weighted by Crippen LogP contribution is -2.46. The van der Waals surface area contributed by atoms with Gasteiger partial charge < -0.3 is 9.84 Å². The fourth-order valence-electron chi connectivity index (χ4n) is 2.22. The number of aliphatic hydroxyl groups excluding tert-OH is 1. The molecule has 0 amide bonds. The van der Waals surface area contributed by atoms with E-state index >= 15 is 0 Å². The molecule has 1 rings (SSSR count). The molecule has 0 aromatic carbocycles. The van der Waals surface area contributed by atoms with Crippen molar-refractivity contribution >= 4 is 15.9 Å². The fourth-order valence-corrected chi connectivity index (χ4v) is 2.96. The average molecular weight is 334 g/mol. The van der Waals surface area contributed by atoms with Crippen LogP contribution in [-0.2, 0) is 4.74 Å². The molecule has 3 nitrogen and oxygen atoms in total. The van der Waals surface area contributed by atoms with Gasteiger partial charge in [0.1, 0.15) is 0 Å². The molecule has 0 saturated carbocycles. The highest BCUT2D eigenvalue weighted by atomic mass is 79.9. The van der Waals surface area contributed by atoms with Gasteiger partial charge in [-0.1, -0.05) is 15.9 Å². The maximum absolute atomic E-state index is 12.5. The Morgan fingerprint density at radius 1 is 1.28 bits per heavy atom. The molecule has 0 atom stereocenters. The molecule has 0 aliphatic carbocycles. The van der Waals surface area contributed by atoms with Crippen LogP contribution in [0.1, 0.15) is 12.8 Å². The van der Waals surface area contributed by atoms with Crippen LogP contribution in [0.25, 0.3) is 0 Å². The first-order chi connectivity index (χ1) is 8.41. The lowest BCUT2D eigenvalue weighted by Gasteiger charge is -2.40. The zero-order valence-electron chi connectivity index (χ0n) is 10.2. The predicted octanol–water partition coefficient (Wildman–Crippen LogP) is 2.03. The van der Waals surface area contributed by atoms with E-state index in [0.717, 1.165) is 12.8 Å². The Bertz CT molecular complexity index is 245. The van der Waals surface area contributed by atoms with E-state index in [4.69, 9.17) is 9.84 Å². The van der Waals surface area contributed by atoms with Crippen LogP contribution in [0.15, 0.2) is 0 Å². The van der Waals surface area contributed by atoms with Crippen molar-refractivity contribution in [3.63, 3.8) is 0 Å². The first-order valence-electron chi connectivity index (χ1n) is 5.94. The Balaban J connectivity index is 2.62. The monoisotopic (exact) mass is 333 g/mol. The predicted molar refractivity (Wildman–Crippen MR) is 65.9 cm³/mol. The average Bonchev–Trinajstić information content (AvgIpc) is 2.28. The lowest BCUT2D eigenvalue weighted by molar-refractivity contribution is -0.151. The number of alkyl halides is 4. The van der Waals surface area contributed by atoms with Crippen molar-refractivity contribution in [1.29, 1.82) is 0 Å². The molecule has 1 aliphatic rings. The van der Waals surface area contributed by atoms with Gasteiger partial charge in [0.05, 0.1) is 13.2 Å². The van der Waals surface area contributed by atoms with Gasteiger partial charge in [-0.25, -0.2) is 0 Å². The second kappa shape index (κ2) is 7.07. The molecule has 1 heterocycles. The molecule has 0 radical (unpaired) electrons. The van der Waals surface area contributed by atoms with Crippen LogP contribution in [0.5, 0.6) is 0 Å². The minimum absolute atomic E-state index is 0.0507. The number of ether oxygens (including phenoxy) is 1. The van der Waals surface area contributed by atoms with Gasteiger partial charge >= 0.3 is 6.18 Å². The second-order valence-electron chi connectivity index (χ2n) is 4.80. The van der Waals surface area contributed by atoms with Crippen LogP contribution in [0, 0.1) is 5.41 Å². The zero-order chi connectivity index (χ0) is 13.6. The van der Waals surface area contributed by atoms with Crippen molar-refractivity contribution in [3.8, 4) is 0 Å². The second-order valence-corrected chi connectivity index (χ2v) is 5.36. The summed E-state index contributed by atoms with van der Waals surface area (Å²) in [4.78, 5) is 1.28. The molecular weight excluding hydrogens is 315 g/mol. The SMILES string of the molecule is OCCN(CC(F)(F)F)CC1(CBr)CCOCC1. The summed E-state index contributed by atoms with van der Waals surface area (Å²) < 4.78 is 42.6. The highest BCUT2D eigenvalue weighted by Crippen LogP contribution is 2.34. The Morgan fingerprint density at radius 3 is 2.33 bits per heavy atom. The number of nitrogens with zero attached hydrogens (tertiary/aromatic N) is 1. The van der Waals surface area contributed by atoms with Gasteiger partial charge in [0.15, 0.2) is 0 Å². The molecule has 0 spiro atoms. The van der Waals surface area contributed by atoms with Crippen molar-refractivity contribution in [2.45, 2.75) is 19.0 Å². The maximum Gasteiger partial charge on any atom is 0.401 e. The molecule has 108 valence electrons. The van der Waals surface area contributed by atoms with Gasteiger partial charge in [-0.15, -0.1) is 0 Å². The number of rotatable bonds is 6. The summed E-state index contributed by atoms with van der Waals surface area (Å²) in [5.74, 6) is 0. The molecule has 0 bridgehead atoms. The number of hydrogen-bond donors (Lipinski definition) is 1. The van der Waals surface area contributed by atoms with Crippen molar-refractivity contribution in [2.75, 3.05) is 44.8 Å². The zero-order valence-corrected chi connectivity index (χ0v) is 11.8. The van der Waals surface area contributed by atoms with Crippen LogP contribution >= 0.6 is 15.9 Å². The molecule has 1 fully saturated rings. The molecule has 1 aliphatic heterocycles. The van der Waals surface area contributed by atoms with E-state index in [1.54, 1.807) is 0 Å². The van der Waals surface area contributed by atoms with Crippen LogP contribution in [0.3, 0.4) is 0 Å². The summed E-state index contributed by atoms with van der Waals surface area (Å²) in [5.41, 5.74) is -0.182. The molecule has 1 N–H and O–H groups in total. The van der Waals surface area contributed by atoms with Crippen LogP contribution in [-0.4, -0.2) is 61.0 Å². The van der Waals surface area contributed by atoms with Crippen molar-refractivity contribution in [2.24, 2.45) is 5.41 Å². The van der Waals surface area contributed by atoms with Gasteiger partial charge in [0.25, 0.3) is 0 Å². The first kappa shape index (κ1) is 16.2. The smallest absolute Gasteiger partial charge is 0.395 e.